The van der Waals surface area contributed by atoms with Gasteiger partial charge in [0.05, 0.1) is 0 Å². The molecular weight excluding hydrogens is 537 g/mol. The average molecular weight is 599 g/mol. The SMILES string of the molecule is CCCCO[Si](Cc1ccccc1C[Si](OCCCC)(OCCCC)OCCCC)(OCCCC)OCCCC. The summed E-state index contributed by atoms with van der Waals surface area (Å²) in [7, 11) is -5.91. The Morgan fingerprint density at radius 3 is 0.825 bits per heavy atom. The lowest BCUT2D eigenvalue weighted by molar-refractivity contribution is 0.0531. The molecule has 0 spiro atoms. The van der Waals surface area contributed by atoms with E-state index in [0.717, 1.165) is 77.0 Å². The van der Waals surface area contributed by atoms with E-state index in [0.29, 0.717) is 51.7 Å². The second-order valence-corrected chi connectivity index (χ2v) is 15.9. The number of unbranched alkanes of at least 4 members (excludes halogenated alkanes) is 6. The predicted molar refractivity (Wildman–Crippen MR) is 171 cm³/mol. The summed E-state index contributed by atoms with van der Waals surface area (Å²) in [5.74, 6) is 0. The van der Waals surface area contributed by atoms with Gasteiger partial charge in [0, 0.05) is 51.7 Å². The van der Waals surface area contributed by atoms with Crippen molar-refractivity contribution in [3.8, 4) is 0 Å². The largest absolute Gasteiger partial charge is 0.505 e. The lowest BCUT2D eigenvalue weighted by Gasteiger charge is -2.33. The summed E-state index contributed by atoms with van der Waals surface area (Å²) in [5, 5.41) is 0. The fourth-order valence-corrected chi connectivity index (χ4v) is 9.62. The van der Waals surface area contributed by atoms with Gasteiger partial charge < -0.3 is 26.6 Å². The van der Waals surface area contributed by atoms with Crippen molar-refractivity contribution in [3.63, 3.8) is 0 Å². The maximum Gasteiger partial charge on any atom is 0.505 e. The van der Waals surface area contributed by atoms with Gasteiger partial charge in [0.1, 0.15) is 0 Å². The quantitative estimate of drug-likeness (QED) is 0.0711. The average Bonchev–Trinajstić information content (AvgIpc) is 2.95. The van der Waals surface area contributed by atoms with E-state index in [-0.39, 0.29) is 0 Å². The lowest BCUT2D eigenvalue weighted by atomic mass is 10.1. The molecule has 1 aromatic carbocycles. The van der Waals surface area contributed by atoms with Crippen molar-refractivity contribution in [2.24, 2.45) is 0 Å². The van der Waals surface area contributed by atoms with Crippen molar-refractivity contribution >= 4 is 17.6 Å². The van der Waals surface area contributed by atoms with Gasteiger partial charge in [-0.1, -0.05) is 104 Å². The maximum atomic E-state index is 6.60. The molecule has 0 fully saturated rings. The maximum absolute atomic E-state index is 6.60. The van der Waals surface area contributed by atoms with Crippen LogP contribution in [0, 0.1) is 0 Å². The van der Waals surface area contributed by atoms with Gasteiger partial charge in [-0.3, -0.25) is 0 Å². The van der Waals surface area contributed by atoms with Gasteiger partial charge in [-0.25, -0.2) is 0 Å². The molecular formula is C32H62O6Si2. The number of benzene rings is 1. The number of rotatable bonds is 28. The van der Waals surface area contributed by atoms with E-state index in [1.807, 2.05) is 0 Å². The van der Waals surface area contributed by atoms with Gasteiger partial charge in [-0.2, -0.15) is 0 Å². The molecule has 8 heteroatoms. The topological polar surface area (TPSA) is 55.4 Å². The Bertz CT molecular complexity index is 608. The summed E-state index contributed by atoms with van der Waals surface area (Å²) in [5.41, 5.74) is 2.40. The van der Waals surface area contributed by atoms with Gasteiger partial charge in [-0.05, 0) is 49.7 Å². The molecule has 6 nitrogen and oxygen atoms in total. The van der Waals surface area contributed by atoms with Crippen LogP contribution in [0.5, 0.6) is 0 Å². The molecule has 0 amide bonds. The van der Waals surface area contributed by atoms with E-state index < -0.39 is 17.6 Å². The van der Waals surface area contributed by atoms with Gasteiger partial charge in [0.25, 0.3) is 0 Å². The van der Waals surface area contributed by atoms with Gasteiger partial charge >= 0.3 is 17.6 Å². The van der Waals surface area contributed by atoms with Crippen LogP contribution in [0.1, 0.15) is 130 Å². The smallest absolute Gasteiger partial charge is 0.373 e. The van der Waals surface area contributed by atoms with Crippen molar-refractivity contribution in [1.29, 1.82) is 0 Å². The highest BCUT2D eigenvalue weighted by Crippen LogP contribution is 2.26. The third-order valence-electron chi connectivity index (χ3n) is 6.85. The molecule has 0 aromatic heterocycles. The zero-order valence-corrected chi connectivity index (χ0v) is 28.9. The Labute approximate surface area is 249 Å². The van der Waals surface area contributed by atoms with E-state index in [1.54, 1.807) is 0 Å². The highest BCUT2D eigenvalue weighted by molar-refractivity contribution is 6.61. The van der Waals surface area contributed by atoms with Crippen LogP contribution in [-0.4, -0.2) is 57.3 Å². The van der Waals surface area contributed by atoms with Gasteiger partial charge in [0.2, 0.25) is 0 Å². The molecule has 234 valence electrons. The summed E-state index contributed by atoms with van der Waals surface area (Å²) >= 11 is 0. The van der Waals surface area contributed by atoms with Crippen LogP contribution in [0.15, 0.2) is 24.3 Å². The molecule has 0 saturated heterocycles. The first-order valence-electron chi connectivity index (χ1n) is 16.4. The lowest BCUT2D eigenvalue weighted by Crippen LogP contribution is -2.51. The van der Waals surface area contributed by atoms with Crippen LogP contribution in [0.3, 0.4) is 0 Å². The molecule has 0 atom stereocenters. The van der Waals surface area contributed by atoms with Crippen molar-refractivity contribution < 1.29 is 26.6 Å². The van der Waals surface area contributed by atoms with E-state index in [2.05, 4.69) is 65.8 Å². The van der Waals surface area contributed by atoms with Gasteiger partial charge in [-0.15, -0.1) is 0 Å². The number of hydrogen-bond acceptors (Lipinski definition) is 6. The van der Waals surface area contributed by atoms with E-state index in [4.69, 9.17) is 26.6 Å². The van der Waals surface area contributed by atoms with Crippen LogP contribution in [-0.2, 0) is 38.6 Å². The van der Waals surface area contributed by atoms with E-state index >= 15 is 0 Å². The molecule has 0 radical (unpaired) electrons. The van der Waals surface area contributed by atoms with Crippen molar-refractivity contribution in [2.75, 3.05) is 39.6 Å². The zero-order chi connectivity index (χ0) is 29.4. The van der Waals surface area contributed by atoms with E-state index in [1.165, 1.54) is 11.1 Å². The van der Waals surface area contributed by atoms with Crippen LogP contribution in [0.25, 0.3) is 0 Å². The molecule has 1 aromatic rings. The first kappa shape index (κ1) is 37.4. The molecule has 0 bridgehead atoms. The molecule has 0 heterocycles. The third-order valence-corrected chi connectivity index (χ3v) is 12.3. The Morgan fingerprint density at radius 1 is 0.400 bits per heavy atom. The predicted octanol–water partition coefficient (Wildman–Crippen LogP) is 8.63. The molecule has 0 aliphatic heterocycles. The molecule has 40 heavy (non-hydrogen) atoms. The number of hydrogen-bond donors (Lipinski definition) is 0. The molecule has 0 saturated carbocycles. The zero-order valence-electron chi connectivity index (χ0n) is 26.9. The van der Waals surface area contributed by atoms with Gasteiger partial charge in [0.15, 0.2) is 0 Å². The summed E-state index contributed by atoms with van der Waals surface area (Å²) in [6.45, 7) is 17.2. The second kappa shape index (κ2) is 23.9. The minimum atomic E-state index is -2.96. The monoisotopic (exact) mass is 598 g/mol. The Morgan fingerprint density at radius 2 is 0.625 bits per heavy atom. The van der Waals surface area contributed by atoms with Crippen LogP contribution in [0.2, 0.25) is 0 Å². The van der Waals surface area contributed by atoms with Crippen molar-refractivity contribution in [1.82, 2.24) is 0 Å². The Kier molecular flexibility index (Phi) is 22.4. The first-order chi connectivity index (χ1) is 19.5. The highest BCUT2D eigenvalue weighted by Gasteiger charge is 2.45. The summed E-state index contributed by atoms with van der Waals surface area (Å²) in [4.78, 5) is 0. The van der Waals surface area contributed by atoms with Crippen LogP contribution < -0.4 is 0 Å². The molecule has 0 aliphatic carbocycles. The fourth-order valence-electron chi connectivity index (χ4n) is 4.16. The summed E-state index contributed by atoms with van der Waals surface area (Å²) < 4.78 is 39.6. The normalized spacial score (nSPS) is 12.3. The van der Waals surface area contributed by atoms with Crippen molar-refractivity contribution in [2.45, 2.75) is 131 Å². The molecule has 0 aliphatic rings. The molecule has 0 unspecified atom stereocenters. The minimum Gasteiger partial charge on any atom is -0.373 e. The summed E-state index contributed by atoms with van der Waals surface area (Å²) in [6, 6.07) is 9.94. The third kappa shape index (κ3) is 15.6. The van der Waals surface area contributed by atoms with E-state index in [9.17, 15) is 0 Å². The minimum absolute atomic E-state index is 0.656. The standard InChI is InChI=1S/C32H62O6Si2/c1-7-13-23-33-39(34-24-14-8-2,35-25-15-9-3)29-31-21-19-20-22-32(31)30-40(36-26-16-10-4,37-27-17-11-5)38-28-18-12-6/h19-22H,7-18,23-30H2,1-6H3. The first-order valence-corrected chi connectivity index (χ1v) is 20.3. The van der Waals surface area contributed by atoms with Crippen LogP contribution in [0.4, 0.5) is 0 Å². The highest BCUT2D eigenvalue weighted by atomic mass is 28.4. The summed E-state index contributed by atoms with van der Waals surface area (Å²) in [6.07, 6.45) is 12.5. The van der Waals surface area contributed by atoms with Crippen LogP contribution >= 0.6 is 0 Å². The second-order valence-electron chi connectivity index (χ2n) is 10.7. The Balaban J connectivity index is 3.38. The van der Waals surface area contributed by atoms with Crippen molar-refractivity contribution in [3.05, 3.63) is 35.4 Å². The Hall–Kier alpha value is -0.586. The molecule has 1 rings (SSSR count). The molecule has 0 N–H and O–H groups in total. The fraction of sp³-hybridized carbons (Fsp3) is 0.812.